The molecular weight excluding hydrogens is 388 g/mol. The molecule has 3 N–H and O–H groups in total. The lowest BCUT2D eigenvalue weighted by molar-refractivity contribution is -0.123. The Morgan fingerprint density at radius 1 is 1.11 bits per heavy atom. The molecule has 0 saturated carbocycles. The Bertz CT molecular complexity index is 1070. The highest BCUT2D eigenvalue weighted by Crippen LogP contribution is 2.26. The molecule has 0 aliphatic heterocycles. The zero-order valence-electron chi connectivity index (χ0n) is 14.2. The maximum atomic E-state index is 12.3. The molecule has 0 saturated heterocycles. The van der Waals surface area contributed by atoms with E-state index in [2.05, 4.69) is 5.32 Å². The largest absolute Gasteiger partial charge is 0.448 e. The third kappa shape index (κ3) is 4.51. The van der Waals surface area contributed by atoms with Crippen LogP contribution in [-0.2, 0) is 19.6 Å². The van der Waals surface area contributed by atoms with Crippen molar-refractivity contribution >= 4 is 49.0 Å². The maximum absolute atomic E-state index is 12.3. The van der Waals surface area contributed by atoms with E-state index >= 15 is 0 Å². The molecular formula is C18H16N2O5S2. The summed E-state index contributed by atoms with van der Waals surface area (Å²) in [6, 6.07) is 14.6. The number of hydrogen-bond acceptors (Lipinski definition) is 6. The van der Waals surface area contributed by atoms with Crippen LogP contribution >= 0.6 is 11.3 Å². The number of carbonyl (C=O) groups is 2. The molecule has 140 valence electrons. The second-order valence-corrected chi connectivity index (χ2v) is 8.40. The molecule has 0 bridgehead atoms. The molecule has 27 heavy (non-hydrogen) atoms. The van der Waals surface area contributed by atoms with Gasteiger partial charge in [-0.3, -0.25) is 4.79 Å². The molecule has 0 fully saturated rings. The number of primary sulfonamides is 1. The fourth-order valence-corrected chi connectivity index (χ4v) is 3.79. The number of ether oxygens (including phenoxy) is 1. The third-order valence-electron chi connectivity index (χ3n) is 3.73. The van der Waals surface area contributed by atoms with Crippen molar-refractivity contribution < 1.29 is 22.7 Å². The fraction of sp³-hybridized carbons (Fsp3) is 0.111. The number of sulfonamides is 1. The molecule has 7 nitrogen and oxygen atoms in total. The molecule has 1 heterocycles. The highest BCUT2D eigenvalue weighted by atomic mass is 32.2. The van der Waals surface area contributed by atoms with Crippen LogP contribution < -0.4 is 10.5 Å². The Hall–Kier alpha value is -2.75. The minimum Gasteiger partial charge on any atom is -0.448 e. The quantitative estimate of drug-likeness (QED) is 0.635. The van der Waals surface area contributed by atoms with Gasteiger partial charge < -0.3 is 10.1 Å². The smallest absolute Gasteiger partial charge is 0.349 e. The van der Waals surface area contributed by atoms with Gasteiger partial charge in [0.05, 0.1) is 4.90 Å². The molecule has 1 aromatic heterocycles. The van der Waals surface area contributed by atoms with E-state index in [1.807, 2.05) is 24.3 Å². The highest BCUT2D eigenvalue weighted by molar-refractivity contribution is 7.89. The fourth-order valence-electron chi connectivity index (χ4n) is 2.33. The summed E-state index contributed by atoms with van der Waals surface area (Å²) >= 11 is 1.29. The van der Waals surface area contributed by atoms with E-state index in [-0.39, 0.29) is 4.90 Å². The van der Waals surface area contributed by atoms with Crippen molar-refractivity contribution in [1.82, 2.24) is 0 Å². The predicted molar refractivity (Wildman–Crippen MR) is 103 cm³/mol. The molecule has 1 atom stereocenters. The number of thiophene rings is 1. The lowest BCUT2D eigenvalue weighted by atomic mass is 10.2. The second-order valence-electron chi connectivity index (χ2n) is 5.75. The summed E-state index contributed by atoms with van der Waals surface area (Å²) in [4.78, 5) is 24.8. The number of fused-ring (bicyclic) bond motifs is 1. The zero-order chi connectivity index (χ0) is 19.6. The Kier molecular flexibility index (Phi) is 5.26. The molecule has 0 aliphatic rings. The molecule has 3 aromatic rings. The van der Waals surface area contributed by atoms with E-state index < -0.39 is 28.0 Å². The molecule has 0 spiro atoms. The molecule has 0 unspecified atom stereocenters. The van der Waals surface area contributed by atoms with Gasteiger partial charge in [0, 0.05) is 10.4 Å². The van der Waals surface area contributed by atoms with Crippen molar-refractivity contribution in [3.05, 3.63) is 59.5 Å². The van der Waals surface area contributed by atoms with Crippen LogP contribution in [0, 0.1) is 0 Å². The van der Waals surface area contributed by atoms with E-state index in [1.54, 1.807) is 6.07 Å². The van der Waals surface area contributed by atoms with E-state index in [0.717, 1.165) is 10.1 Å². The number of nitrogens with one attached hydrogen (secondary N) is 1. The lowest BCUT2D eigenvalue weighted by Crippen LogP contribution is -2.29. The van der Waals surface area contributed by atoms with Crippen molar-refractivity contribution in [1.29, 1.82) is 0 Å². The Balaban J connectivity index is 1.64. The van der Waals surface area contributed by atoms with Crippen molar-refractivity contribution in [2.45, 2.75) is 17.9 Å². The number of esters is 1. The first-order valence-corrected chi connectivity index (χ1v) is 10.2. The molecule has 0 aliphatic carbocycles. The van der Waals surface area contributed by atoms with Gasteiger partial charge in [-0.15, -0.1) is 11.3 Å². The second kappa shape index (κ2) is 7.47. The molecule has 9 heteroatoms. The van der Waals surface area contributed by atoms with Crippen LogP contribution in [0.2, 0.25) is 0 Å². The van der Waals surface area contributed by atoms with Crippen LogP contribution in [0.15, 0.2) is 59.5 Å². The van der Waals surface area contributed by atoms with Gasteiger partial charge in [-0.25, -0.2) is 18.4 Å². The third-order valence-corrected chi connectivity index (χ3v) is 5.76. The first kappa shape index (κ1) is 19.0. The van der Waals surface area contributed by atoms with Crippen LogP contribution in [-0.4, -0.2) is 26.4 Å². The molecule has 3 rings (SSSR count). The monoisotopic (exact) mass is 404 g/mol. The number of nitrogens with two attached hydrogens (primary N) is 1. The maximum Gasteiger partial charge on any atom is 0.349 e. The van der Waals surface area contributed by atoms with Crippen molar-refractivity contribution in [3.8, 4) is 0 Å². The van der Waals surface area contributed by atoms with Crippen molar-refractivity contribution in [2.75, 3.05) is 5.32 Å². The lowest BCUT2D eigenvalue weighted by Gasteiger charge is -2.13. The van der Waals surface area contributed by atoms with Crippen LogP contribution in [0.1, 0.15) is 16.6 Å². The Labute approximate surface area is 159 Å². The van der Waals surface area contributed by atoms with Crippen LogP contribution in [0.3, 0.4) is 0 Å². The number of carbonyl (C=O) groups excluding carboxylic acids is 2. The van der Waals surface area contributed by atoms with Gasteiger partial charge in [-0.05, 0) is 48.7 Å². The van der Waals surface area contributed by atoms with Crippen molar-refractivity contribution in [3.63, 3.8) is 0 Å². The molecule has 0 radical (unpaired) electrons. The van der Waals surface area contributed by atoms with Crippen LogP contribution in [0.5, 0.6) is 0 Å². The summed E-state index contributed by atoms with van der Waals surface area (Å²) < 4.78 is 28.6. The summed E-state index contributed by atoms with van der Waals surface area (Å²) in [5.74, 6) is -1.11. The van der Waals surface area contributed by atoms with Gasteiger partial charge >= 0.3 is 5.97 Å². The van der Waals surface area contributed by atoms with Gasteiger partial charge in [0.25, 0.3) is 5.91 Å². The Morgan fingerprint density at radius 3 is 2.41 bits per heavy atom. The summed E-state index contributed by atoms with van der Waals surface area (Å²) in [6.45, 7) is 1.46. The first-order chi connectivity index (χ1) is 12.7. The number of amides is 1. The minimum atomic E-state index is -3.80. The number of rotatable bonds is 5. The normalized spacial score (nSPS) is 12.5. The Morgan fingerprint density at radius 2 is 1.78 bits per heavy atom. The van der Waals surface area contributed by atoms with Crippen LogP contribution in [0.25, 0.3) is 10.1 Å². The first-order valence-electron chi connectivity index (χ1n) is 7.87. The molecule has 1 amide bonds. The van der Waals surface area contributed by atoms with Gasteiger partial charge in [-0.2, -0.15) is 0 Å². The van der Waals surface area contributed by atoms with Crippen LogP contribution in [0.4, 0.5) is 5.69 Å². The van der Waals surface area contributed by atoms with E-state index in [9.17, 15) is 18.0 Å². The molecule has 2 aromatic carbocycles. The zero-order valence-corrected chi connectivity index (χ0v) is 15.8. The number of anilines is 1. The average molecular weight is 404 g/mol. The number of hydrogen-bond donors (Lipinski definition) is 2. The van der Waals surface area contributed by atoms with Gasteiger partial charge in [0.15, 0.2) is 6.10 Å². The average Bonchev–Trinajstić information content (AvgIpc) is 3.05. The minimum absolute atomic E-state index is 0.0651. The van der Waals surface area contributed by atoms with E-state index in [4.69, 9.17) is 9.88 Å². The summed E-state index contributed by atoms with van der Waals surface area (Å²) in [5.41, 5.74) is 0.358. The van der Waals surface area contributed by atoms with E-state index in [0.29, 0.717) is 10.6 Å². The topological polar surface area (TPSA) is 116 Å². The van der Waals surface area contributed by atoms with Gasteiger partial charge in [-0.1, -0.05) is 18.2 Å². The summed E-state index contributed by atoms with van der Waals surface area (Å²) in [6.07, 6.45) is -1.03. The van der Waals surface area contributed by atoms with E-state index in [1.165, 1.54) is 42.5 Å². The predicted octanol–water partition coefficient (Wildman–Crippen LogP) is 2.73. The van der Waals surface area contributed by atoms with Gasteiger partial charge in [0.1, 0.15) is 4.88 Å². The van der Waals surface area contributed by atoms with Gasteiger partial charge in [0.2, 0.25) is 10.0 Å². The summed E-state index contributed by atoms with van der Waals surface area (Å²) in [5, 5.41) is 8.51. The SMILES string of the molecule is C[C@@H](OC(=O)c1cc2ccccc2s1)C(=O)Nc1ccc(S(N)(=O)=O)cc1. The highest BCUT2D eigenvalue weighted by Gasteiger charge is 2.20. The standard InChI is InChI=1S/C18H16N2O5S2/c1-11(17(21)20-13-6-8-14(9-7-13)27(19,23)24)25-18(22)16-10-12-4-2-3-5-15(12)26-16/h2-11H,1H3,(H,20,21)(H2,19,23,24)/t11-/m1/s1. The summed E-state index contributed by atoms with van der Waals surface area (Å²) in [7, 11) is -3.80. The number of benzene rings is 2. The van der Waals surface area contributed by atoms with Crippen molar-refractivity contribution in [2.24, 2.45) is 5.14 Å².